The second kappa shape index (κ2) is 4.43. The highest BCUT2D eigenvalue weighted by atomic mass is 79.9. The Morgan fingerprint density at radius 3 is 2.59 bits per heavy atom. The van der Waals surface area contributed by atoms with Crippen LogP contribution in [0.1, 0.15) is 24.8 Å². The van der Waals surface area contributed by atoms with Gasteiger partial charge in [-0.05, 0) is 60.6 Å². The lowest BCUT2D eigenvalue weighted by atomic mass is 9.79. The van der Waals surface area contributed by atoms with E-state index < -0.39 is 0 Å². The van der Waals surface area contributed by atoms with Gasteiger partial charge in [0.05, 0.1) is 0 Å². The summed E-state index contributed by atoms with van der Waals surface area (Å²) < 4.78 is 1.04. The van der Waals surface area contributed by atoms with Gasteiger partial charge in [0.25, 0.3) is 0 Å². The summed E-state index contributed by atoms with van der Waals surface area (Å²) in [6.45, 7) is 0. The Kier molecular flexibility index (Phi) is 3.21. The monoisotopic (exact) mass is 332 g/mol. The van der Waals surface area contributed by atoms with Crippen LogP contribution < -0.4 is 0 Å². The van der Waals surface area contributed by atoms with E-state index in [9.17, 15) is 0 Å². The molecular weight excluding hydrogens is 319 g/mol. The third-order valence-electron chi connectivity index (χ3n) is 4.32. The highest BCUT2D eigenvalue weighted by molar-refractivity contribution is 9.10. The molecule has 0 heterocycles. The van der Waals surface area contributed by atoms with Crippen LogP contribution in [0.3, 0.4) is 0 Å². The molecule has 2 aliphatic rings. The summed E-state index contributed by atoms with van der Waals surface area (Å²) in [4.78, 5) is 0. The molecule has 0 spiro atoms. The summed E-state index contributed by atoms with van der Waals surface area (Å²) in [5.41, 5.74) is 1.56. The quantitative estimate of drug-likeness (QED) is 0.658. The van der Waals surface area contributed by atoms with Crippen LogP contribution >= 0.6 is 39.1 Å². The first-order valence-electron chi connectivity index (χ1n) is 6.12. The van der Waals surface area contributed by atoms with Gasteiger partial charge in [-0.15, -0.1) is 11.6 Å². The number of halogens is 3. The molecule has 0 N–H and O–H groups in total. The second-order valence-corrected chi connectivity index (χ2v) is 7.30. The molecular formula is C14H15BrCl2. The topological polar surface area (TPSA) is 0 Å². The van der Waals surface area contributed by atoms with E-state index in [1.807, 2.05) is 6.07 Å². The fourth-order valence-electron chi connectivity index (χ4n) is 3.38. The van der Waals surface area contributed by atoms with Crippen LogP contribution in [0.5, 0.6) is 0 Å². The van der Waals surface area contributed by atoms with Crippen LogP contribution in [0.4, 0.5) is 0 Å². The molecule has 2 aliphatic carbocycles. The van der Waals surface area contributed by atoms with Crippen molar-refractivity contribution >= 4 is 39.1 Å². The van der Waals surface area contributed by atoms with Gasteiger partial charge in [-0.1, -0.05) is 33.6 Å². The molecule has 0 aromatic heterocycles. The van der Waals surface area contributed by atoms with E-state index in [-0.39, 0.29) is 0 Å². The molecule has 0 aliphatic heterocycles. The standard InChI is InChI=1S/C14H15BrCl2/c15-12-2-1-9(13(17)4-12)5-14(8-16)6-10-3-11(10)7-14/h1-2,4,10-11H,3,5-8H2. The average molecular weight is 334 g/mol. The minimum atomic E-state index is 0.312. The van der Waals surface area contributed by atoms with Crippen molar-refractivity contribution in [1.29, 1.82) is 0 Å². The highest BCUT2D eigenvalue weighted by Gasteiger charge is 2.53. The van der Waals surface area contributed by atoms with Gasteiger partial charge in [-0.3, -0.25) is 0 Å². The predicted octanol–water partition coefficient (Wildman–Crippen LogP) is 5.30. The minimum absolute atomic E-state index is 0.312. The Hall–Kier alpha value is 0.280. The fourth-order valence-corrected chi connectivity index (χ4v) is 4.43. The maximum atomic E-state index is 6.30. The normalized spacial score (nSPS) is 34.8. The van der Waals surface area contributed by atoms with E-state index in [1.54, 1.807) is 0 Å². The summed E-state index contributed by atoms with van der Waals surface area (Å²) in [7, 11) is 0. The Morgan fingerprint density at radius 2 is 2.00 bits per heavy atom. The molecule has 92 valence electrons. The van der Waals surface area contributed by atoms with E-state index in [4.69, 9.17) is 23.2 Å². The lowest BCUT2D eigenvalue weighted by Crippen LogP contribution is -2.24. The zero-order valence-corrected chi connectivity index (χ0v) is 12.7. The van der Waals surface area contributed by atoms with Crippen molar-refractivity contribution in [3.63, 3.8) is 0 Å². The third-order valence-corrected chi connectivity index (χ3v) is 5.74. The molecule has 0 bridgehead atoms. The zero-order valence-electron chi connectivity index (χ0n) is 9.56. The van der Waals surface area contributed by atoms with Crippen molar-refractivity contribution < 1.29 is 0 Å². The smallest absolute Gasteiger partial charge is 0.0449 e. The molecule has 2 saturated carbocycles. The van der Waals surface area contributed by atoms with Gasteiger partial charge in [-0.2, -0.15) is 0 Å². The van der Waals surface area contributed by atoms with Crippen LogP contribution in [0, 0.1) is 17.3 Å². The van der Waals surface area contributed by atoms with Crippen molar-refractivity contribution in [2.45, 2.75) is 25.7 Å². The highest BCUT2D eigenvalue weighted by Crippen LogP contribution is 2.61. The third kappa shape index (κ3) is 2.39. The molecule has 0 saturated heterocycles. The van der Waals surface area contributed by atoms with Crippen LogP contribution in [-0.4, -0.2) is 5.88 Å². The minimum Gasteiger partial charge on any atom is -0.126 e. The lowest BCUT2D eigenvalue weighted by Gasteiger charge is -2.29. The van der Waals surface area contributed by atoms with Gasteiger partial charge in [-0.25, -0.2) is 0 Å². The van der Waals surface area contributed by atoms with Crippen molar-refractivity contribution in [3.05, 3.63) is 33.3 Å². The van der Waals surface area contributed by atoms with Gasteiger partial charge >= 0.3 is 0 Å². The fraction of sp³-hybridized carbons (Fsp3) is 0.571. The molecule has 0 amide bonds. The number of benzene rings is 1. The van der Waals surface area contributed by atoms with Crippen LogP contribution in [0.2, 0.25) is 5.02 Å². The Bertz CT molecular complexity index is 434. The van der Waals surface area contributed by atoms with Gasteiger partial charge < -0.3 is 0 Å². The maximum Gasteiger partial charge on any atom is 0.0449 e. The summed E-state index contributed by atoms with van der Waals surface area (Å²) >= 11 is 16.0. The van der Waals surface area contributed by atoms with Crippen molar-refractivity contribution in [2.75, 3.05) is 5.88 Å². The van der Waals surface area contributed by atoms with E-state index in [2.05, 4.69) is 28.1 Å². The lowest BCUT2D eigenvalue weighted by molar-refractivity contribution is 0.303. The SMILES string of the molecule is ClCC1(Cc2ccc(Br)cc2Cl)CC2CC2C1. The first kappa shape index (κ1) is 12.3. The summed E-state index contributed by atoms with van der Waals surface area (Å²) in [6, 6.07) is 6.18. The average Bonchev–Trinajstić information content (AvgIpc) is 2.91. The number of hydrogen-bond donors (Lipinski definition) is 0. The molecule has 3 heteroatoms. The van der Waals surface area contributed by atoms with Crippen LogP contribution in [-0.2, 0) is 6.42 Å². The van der Waals surface area contributed by atoms with Crippen molar-refractivity contribution in [2.24, 2.45) is 17.3 Å². The maximum absolute atomic E-state index is 6.30. The Morgan fingerprint density at radius 1 is 1.29 bits per heavy atom. The summed E-state index contributed by atoms with van der Waals surface area (Å²) in [5, 5.41) is 0.865. The molecule has 2 fully saturated rings. The van der Waals surface area contributed by atoms with E-state index in [0.29, 0.717) is 5.41 Å². The van der Waals surface area contributed by atoms with Gasteiger partial charge in [0, 0.05) is 15.4 Å². The largest absolute Gasteiger partial charge is 0.126 e. The second-order valence-electron chi connectivity index (χ2n) is 5.71. The van der Waals surface area contributed by atoms with Crippen molar-refractivity contribution in [1.82, 2.24) is 0 Å². The number of rotatable bonds is 3. The molecule has 0 radical (unpaired) electrons. The number of alkyl halides is 1. The first-order valence-corrected chi connectivity index (χ1v) is 7.82. The molecule has 2 unspecified atom stereocenters. The van der Waals surface area contributed by atoms with E-state index in [1.165, 1.54) is 24.8 Å². The first-order chi connectivity index (χ1) is 8.12. The van der Waals surface area contributed by atoms with Gasteiger partial charge in [0.1, 0.15) is 0 Å². The van der Waals surface area contributed by atoms with E-state index in [0.717, 1.165) is 33.6 Å². The molecule has 1 aromatic carbocycles. The molecule has 2 atom stereocenters. The van der Waals surface area contributed by atoms with Crippen LogP contribution in [0.25, 0.3) is 0 Å². The molecule has 3 rings (SSSR count). The van der Waals surface area contributed by atoms with Gasteiger partial charge in [0.15, 0.2) is 0 Å². The summed E-state index contributed by atoms with van der Waals surface area (Å²) in [5.74, 6) is 2.69. The Balaban J connectivity index is 1.81. The summed E-state index contributed by atoms with van der Waals surface area (Å²) in [6.07, 6.45) is 5.07. The molecule has 1 aromatic rings. The number of hydrogen-bond acceptors (Lipinski definition) is 0. The van der Waals surface area contributed by atoms with Crippen LogP contribution in [0.15, 0.2) is 22.7 Å². The Labute approximate surface area is 121 Å². The van der Waals surface area contributed by atoms with E-state index >= 15 is 0 Å². The molecule has 0 nitrogen and oxygen atoms in total. The number of fused-ring (bicyclic) bond motifs is 1. The zero-order chi connectivity index (χ0) is 12.0. The predicted molar refractivity (Wildman–Crippen MR) is 76.8 cm³/mol. The van der Waals surface area contributed by atoms with Gasteiger partial charge in [0.2, 0.25) is 0 Å². The molecule has 17 heavy (non-hydrogen) atoms. The van der Waals surface area contributed by atoms with Crippen molar-refractivity contribution in [3.8, 4) is 0 Å².